The number of rotatable bonds is 3. The monoisotopic (exact) mass is 406 g/mol. The summed E-state index contributed by atoms with van der Waals surface area (Å²) in [6, 6.07) is 0. The van der Waals surface area contributed by atoms with E-state index in [0.29, 0.717) is 18.4 Å². The maximum atomic E-state index is 13.2. The molecule has 7 atom stereocenters. The van der Waals surface area contributed by atoms with Crippen LogP contribution in [0, 0.1) is 23.7 Å². The summed E-state index contributed by atoms with van der Waals surface area (Å²) in [7, 11) is 0. The summed E-state index contributed by atoms with van der Waals surface area (Å²) in [6.07, 6.45) is 3.42. The van der Waals surface area contributed by atoms with Crippen LogP contribution in [-0.2, 0) is 14.3 Å². The van der Waals surface area contributed by atoms with Gasteiger partial charge in [-0.3, -0.25) is 4.79 Å². The molecular weight excluding hydrogens is 372 g/mol. The van der Waals surface area contributed by atoms with Crippen molar-refractivity contribution in [2.75, 3.05) is 0 Å². The second-order valence-electron chi connectivity index (χ2n) is 9.14. The highest BCUT2D eigenvalue weighted by Gasteiger charge is 2.58. The Morgan fingerprint density at radius 2 is 1.93 bits per heavy atom. The first kappa shape index (κ1) is 23.5. The van der Waals surface area contributed by atoms with Crippen LogP contribution in [-0.4, -0.2) is 50.5 Å². The molecule has 2 aliphatic carbocycles. The fourth-order valence-electron chi connectivity index (χ4n) is 4.67. The van der Waals surface area contributed by atoms with Gasteiger partial charge in [0.15, 0.2) is 5.78 Å². The number of ether oxygens (including phenoxy) is 1. The molecule has 162 valence electrons. The standard InChI is InChI=1S/C23H34O6/c1-7-17(24)29-22(5,6)16-10-8-13(2)19(25)18-20(26)15(4)12-23(18,28)21(27)14(3)9-11-16/h7,9,11,14-16,18-20,25-26,28H,1-2,8,10,12H2,3-6H3/b11-9+/t14-,15+,16+,18+,19+,20+,23-/m1/s1. The van der Waals surface area contributed by atoms with E-state index in [1.807, 2.05) is 6.08 Å². The van der Waals surface area contributed by atoms with Gasteiger partial charge in [-0.05, 0) is 44.6 Å². The number of carbonyl (C=O) groups is 2. The maximum Gasteiger partial charge on any atom is 0.330 e. The van der Waals surface area contributed by atoms with Gasteiger partial charge in [-0.15, -0.1) is 0 Å². The Morgan fingerprint density at radius 3 is 2.52 bits per heavy atom. The largest absolute Gasteiger partial charge is 0.456 e. The number of carbonyl (C=O) groups excluding carboxylic acids is 2. The van der Waals surface area contributed by atoms with Crippen molar-refractivity contribution < 1.29 is 29.6 Å². The van der Waals surface area contributed by atoms with E-state index in [0.717, 1.165) is 6.08 Å². The van der Waals surface area contributed by atoms with Gasteiger partial charge in [0.25, 0.3) is 0 Å². The summed E-state index contributed by atoms with van der Waals surface area (Å²) < 4.78 is 5.50. The molecule has 0 heterocycles. The number of esters is 1. The number of Topliss-reactive ketones (excluding diaryl/α,β-unsaturated/α-hetero) is 1. The molecule has 29 heavy (non-hydrogen) atoms. The number of ketones is 1. The van der Waals surface area contributed by atoms with Crippen molar-refractivity contribution in [3.8, 4) is 0 Å². The first-order valence-electron chi connectivity index (χ1n) is 10.2. The molecule has 0 aromatic carbocycles. The minimum atomic E-state index is -1.82. The normalized spacial score (nSPS) is 40.0. The molecule has 0 aromatic rings. The molecule has 0 aromatic heterocycles. The van der Waals surface area contributed by atoms with E-state index in [1.165, 1.54) is 0 Å². The van der Waals surface area contributed by atoms with Crippen molar-refractivity contribution in [2.24, 2.45) is 23.7 Å². The van der Waals surface area contributed by atoms with Crippen molar-refractivity contribution in [1.29, 1.82) is 0 Å². The van der Waals surface area contributed by atoms with Crippen molar-refractivity contribution in [1.82, 2.24) is 0 Å². The fourth-order valence-corrected chi connectivity index (χ4v) is 4.67. The Kier molecular flexibility index (Phi) is 6.93. The van der Waals surface area contributed by atoms with Crippen LogP contribution >= 0.6 is 0 Å². The molecule has 0 amide bonds. The van der Waals surface area contributed by atoms with Crippen LogP contribution in [0.25, 0.3) is 0 Å². The molecular formula is C23H34O6. The van der Waals surface area contributed by atoms with Gasteiger partial charge in [0.2, 0.25) is 0 Å². The second kappa shape index (κ2) is 8.54. The lowest BCUT2D eigenvalue weighted by molar-refractivity contribution is -0.153. The van der Waals surface area contributed by atoms with Gasteiger partial charge in [-0.2, -0.15) is 0 Å². The summed E-state index contributed by atoms with van der Waals surface area (Å²) in [5.74, 6) is -3.19. The topological polar surface area (TPSA) is 104 Å². The molecule has 1 fully saturated rings. The van der Waals surface area contributed by atoms with Crippen molar-refractivity contribution in [2.45, 2.75) is 70.4 Å². The van der Waals surface area contributed by atoms with E-state index in [-0.39, 0.29) is 18.3 Å². The smallest absolute Gasteiger partial charge is 0.330 e. The van der Waals surface area contributed by atoms with Crippen LogP contribution in [0.4, 0.5) is 0 Å². The van der Waals surface area contributed by atoms with Crippen molar-refractivity contribution in [3.05, 3.63) is 37.0 Å². The minimum Gasteiger partial charge on any atom is -0.456 e. The van der Waals surface area contributed by atoms with E-state index < -0.39 is 47.0 Å². The van der Waals surface area contributed by atoms with E-state index in [2.05, 4.69) is 13.2 Å². The molecule has 3 N–H and O–H groups in total. The van der Waals surface area contributed by atoms with E-state index in [9.17, 15) is 24.9 Å². The molecule has 1 saturated carbocycles. The molecule has 0 spiro atoms. The van der Waals surface area contributed by atoms with Gasteiger partial charge in [0, 0.05) is 17.9 Å². The summed E-state index contributed by atoms with van der Waals surface area (Å²) in [6.45, 7) is 14.4. The molecule has 0 aliphatic heterocycles. The highest BCUT2D eigenvalue weighted by molar-refractivity contribution is 5.91. The lowest BCUT2D eigenvalue weighted by Crippen LogP contribution is -2.52. The molecule has 6 nitrogen and oxygen atoms in total. The van der Waals surface area contributed by atoms with E-state index >= 15 is 0 Å². The van der Waals surface area contributed by atoms with E-state index in [1.54, 1.807) is 33.8 Å². The van der Waals surface area contributed by atoms with Gasteiger partial charge in [0.1, 0.15) is 11.2 Å². The molecule has 6 heteroatoms. The Hall–Kier alpha value is -1.76. The number of allylic oxidation sites excluding steroid dienone is 1. The number of aliphatic hydroxyl groups is 3. The van der Waals surface area contributed by atoms with Crippen LogP contribution in [0.15, 0.2) is 37.0 Å². The Balaban J connectivity index is 2.43. The van der Waals surface area contributed by atoms with Gasteiger partial charge in [-0.25, -0.2) is 4.79 Å². The van der Waals surface area contributed by atoms with Crippen LogP contribution < -0.4 is 0 Å². The second-order valence-corrected chi connectivity index (χ2v) is 9.14. The molecule has 0 saturated heterocycles. The van der Waals surface area contributed by atoms with Gasteiger partial charge >= 0.3 is 5.97 Å². The average Bonchev–Trinajstić information content (AvgIpc) is 2.87. The number of fused-ring (bicyclic) bond motifs is 1. The average molecular weight is 407 g/mol. The van der Waals surface area contributed by atoms with Gasteiger partial charge < -0.3 is 20.1 Å². The number of hydrogen-bond donors (Lipinski definition) is 3. The van der Waals surface area contributed by atoms with Gasteiger partial charge in [-0.1, -0.05) is 39.2 Å². The summed E-state index contributed by atoms with van der Waals surface area (Å²) in [4.78, 5) is 24.9. The third-order valence-electron chi connectivity index (χ3n) is 6.57. The first-order valence-corrected chi connectivity index (χ1v) is 10.2. The molecule has 0 bridgehead atoms. The quantitative estimate of drug-likeness (QED) is 0.378. The predicted octanol–water partition coefficient (Wildman–Crippen LogP) is 2.33. The van der Waals surface area contributed by atoms with Crippen LogP contribution in [0.1, 0.15) is 47.0 Å². The van der Waals surface area contributed by atoms with Crippen LogP contribution in [0.5, 0.6) is 0 Å². The number of aliphatic hydroxyl groups excluding tert-OH is 2. The lowest BCUT2D eigenvalue weighted by Gasteiger charge is -2.35. The zero-order valence-corrected chi connectivity index (χ0v) is 17.8. The third kappa shape index (κ3) is 4.55. The molecule has 0 unspecified atom stereocenters. The summed E-state index contributed by atoms with van der Waals surface area (Å²) >= 11 is 0. The predicted molar refractivity (Wildman–Crippen MR) is 110 cm³/mol. The fraction of sp³-hybridized carbons (Fsp3) is 0.652. The highest BCUT2D eigenvalue weighted by Crippen LogP contribution is 2.46. The Morgan fingerprint density at radius 1 is 1.31 bits per heavy atom. The van der Waals surface area contributed by atoms with Crippen LogP contribution in [0.2, 0.25) is 0 Å². The van der Waals surface area contributed by atoms with Crippen molar-refractivity contribution in [3.63, 3.8) is 0 Å². The third-order valence-corrected chi connectivity index (χ3v) is 6.57. The Bertz CT molecular complexity index is 708. The first-order chi connectivity index (χ1) is 13.3. The Labute approximate surface area is 173 Å². The zero-order chi connectivity index (χ0) is 22.1. The van der Waals surface area contributed by atoms with E-state index in [4.69, 9.17) is 4.74 Å². The SMILES string of the molecule is C=CC(=O)OC(C)(C)[C@@H]1/C=C/[C@@H](C)C(=O)[C@@]2(O)C[C@H](C)[C@H](O)[C@@H]2[C@@H](O)C(=C)CC1. The highest BCUT2D eigenvalue weighted by atomic mass is 16.6. The van der Waals surface area contributed by atoms with Crippen LogP contribution in [0.3, 0.4) is 0 Å². The minimum absolute atomic E-state index is 0.0893. The maximum absolute atomic E-state index is 13.2. The lowest BCUT2D eigenvalue weighted by atomic mass is 9.76. The summed E-state index contributed by atoms with van der Waals surface area (Å²) in [5, 5.41) is 32.8. The number of hydrogen-bond acceptors (Lipinski definition) is 6. The molecule has 2 rings (SSSR count). The van der Waals surface area contributed by atoms with Crippen molar-refractivity contribution >= 4 is 11.8 Å². The zero-order valence-electron chi connectivity index (χ0n) is 17.8. The summed E-state index contributed by atoms with van der Waals surface area (Å²) in [5.41, 5.74) is -2.26. The van der Waals surface area contributed by atoms with Gasteiger partial charge in [0.05, 0.1) is 18.1 Å². The molecule has 2 aliphatic rings. The molecule has 0 radical (unpaired) electrons.